The second-order valence-electron chi connectivity index (χ2n) is 6.96. The number of carbonyl (C=O) groups excluding carboxylic acids is 1. The third-order valence-electron chi connectivity index (χ3n) is 4.74. The zero-order valence-electron chi connectivity index (χ0n) is 13.7. The van der Waals surface area contributed by atoms with E-state index in [-0.39, 0.29) is 5.78 Å². The summed E-state index contributed by atoms with van der Waals surface area (Å²) in [7, 11) is 3.71. The number of rotatable bonds is 5. The first-order valence-electron chi connectivity index (χ1n) is 7.79. The molecule has 1 aliphatic carbocycles. The summed E-state index contributed by atoms with van der Waals surface area (Å²) in [5, 5.41) is 0. The fourth-order valence-electron chi connectivity index (χ4n) is 3.05. The Kier molecular flexibility index (Phi) is 5.04. The molecule has 1 saturated carbocycles. The van der Waals surface area contributed by atoms with E-state index in [0.29, 0.717) is 18.0 Å². The van der Waals surface area contributed by atoms with Gasteiger partial charge in [0.25, 0.3) is 0 Å². The standard InChI is InChI=1S/C18H27NO2/c1-18(2)11-9-15(10-12-18)19(3)13-17(20)14-5-7-16(21-4)8-6-14/h5-8,15H,9-13H2,1-4H3. The van der Waals surface area contributed by atoms with Crippen LogP contribution in [-0.2, 0) is 0 Å². The second-order valence-corrected chi connectivity index (χ2v) is 6.96. The molecular formula is C18H27NO2. The molecule has 0 aromatic heterocycles. The van der Waals surface area contributed by atoms with Gasteiger partial charge in [0.15, 0.2) is 5.78 Å². The largest absolute Gasteiger partial charge is 0.497 e. The SMILES string of the molecule is COc1ccc(C(=O)CN(C)C2CCC(C)(C)CC2)cc1. The minimum absolute atomic E-state index is 0.185. The molecule has 0 atom stereocenters. The molecule has 0 saturated heterocycles. The molecule has 0 amide bonds. The molecule has 1 fully saturated rings. The van der Waals surface area contributed by atoms with Crippen molar-refractivity contribution < 1.29 is 9.53 Å². The van der Waals surface area contributed by atoms with Crippen molar-refractivity contribution in [2.24, 2.45) is 5.41 Å². The number of nitrogens with zero attached hydrogens (tertiary/aromatic N) is 1. The van der Waals surface area contributed by atoms with Crippen LogP contribution < -0.4 is 4.74 Å². The van der Waals surface area contributed by atoms with Crippen molar-refractivity contribution >= 4 is 5.78 Å². The normalized spacial score (nSPS) is 18.7. The molecule has 0 spiro atoms. The molecule has 3 nitrogen and oxygen atoms in total. The van der Waals surface area contributed by atoms with Crippen molar-refractivity contribution in [1.29, 1.82) is 0 Å². The van der Waals surface area contributed by atoms with Gasteiger partial charge in [-0.3, -0.25) is 9.69 Å². The Morgan fingerprint density at radius 3 is 2.33 bits per heavy atom. The Morgan fingerprint density at radius 1 is 1.24 bits per heavy atom. The van der Waals surface area contributed by atoms with Crippen LogP contribution in [0.5, 0.6) is 5.75 Å². The van der Waals surface area contributed by atoms with E-state index in [2.05, 4.69) is 25.8 Å². The highest BCUT2D eigenvalue weighted by Crippen LogP contribution is 2.36. The molecule has 0 aliphatic heterocycles. The molecule has 116 valence electrons. The molecule has 0 N–H and O–H groups in total. The van der Waals surface area contributed by atoms with E-state index in [0.717, 1.165) is 11.3 Å². The molecule has 1 aromatic carbocycles. The topological polar surface area (TPSA) is 29.5 Å². The maximum atomic E-state index is 12.3. The lowest BCUT2D eigenvalue weighted by Crippen LogP contribution is -2.39. The van der Waals surface area contributed by atoms with Gasteiger partial charge in [-0.25, -0.2) is 0 Å². The molecule has 1 aromatic rings. The molecule has 0 bridgehead atoms. The summed E-state index contributed by atoms with van der Waals surface area (Å²) in [5.74, 6) is 0.972. The monoisotopic (exact) mass is 289 g/mol. The maximum absolute atomic E-state index is 12.3. The van der Waals surface area contributed by atoms with Crippen molar-refractivity contribution in [1.82, 2.24) is 4.90 Å². The van der Waals surface area contributed by atoms with E-state index in [1.807, 2.05) is 24.3 Å². The average Bonchev–Trinajstić information content (AvgIpc) is 2.47. The molecular weight excluding hydrogens is 262 g/mol. The van der Waals surface area contributed by atoms with Crippen LogP contribution in [0.25, 0.3) is 0 Å². The van der Waals surface area contributed by atoms with Crippen molar-refractivity contribution in [3.63, 3.8) is 0 Å². The van der Waals surface area contributed by atoms with Gasteiger partial charge in [-0.15, -0.1) is 0 Å². The van der Waals surface area contributed by atoms with E-state index in [4.69, 9.17) is 4.74 Å². The van der Waals surface area contributed by atoms with E-state index < -0.39 is 0 Å². The predicted molar refractivity (Wildman–Crippen MR) is 86.0 cm³/mol. The fourth-order valence-corrected chi connectivity index (χ4v) is 3.05. The van der Waals surface area contributed by atoms with Gasteiger partial charge in [0.1, 0.15) is 5.75 Å². The van der Waals surface area contributed by atoms with Gasteiger partial charge in [-0.2, -0.15) is 0 Å². The number of hydrogen-bond acceptors (Lipinski definition) is 3. The lowest BCUT2D eigenvalue weighted by Gasteiger charge is -2.38. The van der Waals surface area contributed by atoms with E-state index in [1.54, 1.807) is 7.11 Å². The smallest absolute Gasteiger partial charge is 0.176 e. The fraction of sp³-hybridized carbons (Fsp3) is 0.611. The molecule has 1 aliphatic rings. The summed E-state index contributed by atoms with van der Waals surface area (Å²) in [5.41, 5.74) is 1.23. The molecule has 0 unspecified atom stereocenters. The Morgan fingerprint density at radius 2 is 1.81 bits per heavy atom. The lowest BCUT2D eigenvalue weighted by atomic mass is 9.75. The van der Waals surface area contributed by atoms with Crippen LogP contribution in [0.1, 0.15) is 49.9 Å². The lowest BCUT2D eigenvalue weighted by molar-refractivity contribution is 0.0851. The van der Waals surface area contributed by atoms with E-state index in [1.165, 1.54) is 25.7 Å². The van der Waals surface area contributed by atoms with Gasteiger partial charge in [0.05, 0.1) is 13.7 Å². The third kappa shape index (κ3) is 4.31. The van der Waals surface area contributed by atoms with Gasteiger partial charge in [0.2, 0.25) is 0 Å². The molecule has 0 heterocycles. The molecule has 3 heteroatoms. The quantitative estimate of drug-likeness (QED) is 0.773. The van der Waals surface area contributed by atoms with Crippen LogP contribution in [0, 0.1) is 5.41 Å². The Balaban J connectivity index is 1.89. The highest BCUT2D eigenvalue weighted by atomic mass is 16.5. The van der Waals surface area contributed by atoms with Gasteiger partial charge in [-0.1, -0.05) is 13.8 Å². The average molecular weight is 289 g/mol. The number of methoxy groups -OCH3 is 1. The first-order chi connectivity index (χ1) is 9.91. The van der Waals surface area contributed by atoms with Crippen LogP contribution in [0.15, 0.2) is 24.3 Å². The summed E-state index contributed by atoms with van der Waals surface area (Å²) >= 11 is 0. The number of benzene rings is 1. The number of carbonyl (C=O) groups is 1. The van der Waals surface area contributed by atoms with E-state index >= 15 is 0 Å². The van der Waals surface area contributed by atoms with Gasteiger partial charge < -0.3 is 4.74 Å². The summed E-state index contributed by atoms with van der Waals surface area (Å²) < 4.78 is 5.12. The Labute approximate surface area is 128 Å². The number of Topliss-reactive ketones (excluding diaryl/α,β-unsaturated/α-hetero) is 1. The van der Waals surface area contributed by atoms with Crippen molar-refractivity contribution in [3.8, 4) is 5.75 Å². The van der Waals surface area contributed by atoms with Crippen molar-refractivity contribution in [2.75, 3.05) is 20.7 Å². The number of hydrogen-bond donors (Lipinski definition) is 0. The summed E-state index contributed by atoms with van der Waals surface area (Å²) in [6, 6.07) is 7.92. The molecule has 2 rings (SSSR count). The van der Waals surface area contributed by atoms with Crippen molar-refractivity contribution in [3.05, 3.63) is 29.8 Å². The zero-order chi connectivity index (χ0) is 15.5. The van der Waals surface area contributed by atoms with Gasteiger partial charge in [-0.05, 0) is 62.4 Å². The van der Waals surface area contributed by atoms with Crippen LogP contribution in [0.2, 0.25) is 0 Å². The van der Waals surface area contributed by atoms with Gasteiger partial charge >= 0.3 is 0 Å². The Hall–Kier alpha value is -1.35. The number of ketones is 1. The predicted octanol–water partition coefficient (Wildman–Crippen LogP) is 3.78. The van der Waals surface area contributed by atoms with E-state index in [9.17, 15) is 4.79 Å². The second kappa shape index (κ2) is 6.61. The first kappa shape index (κ1) is 16.0. The highest BCUT2D eigenvalue weighted by molar-refractivity contribution is 5.97. The van der Waals surface area contributed by atoms with Crippen LogP contribution in [0.3, 0.4) is 0 Å². The minimum atomic E-state index is 0.185. The molecule has 21 heavy (non-hydrogen) atoms. The summed E-state index contributed by atoms with van der Waals surface area (Å²) in [6.45, 7) is 5.18. The number of likely N-dealkylation sites (N-methyl/N-ethyl adjacent to an activating group) is 1. The highest BCUT2D eigenvalue weighted by Gasteiger charge is 2.29. The first-order valence-corrected chi connectivity index (χ1v) is 7.79. The third-order valence-corrected chi connectivity index (χ3v) is 4.74. The Bertz CT molecular complexity index is 468. The van der Waals surface area contributed by atoms with Gasteiger partial charge in [0, 0.05) is 11.6 Å². The van der Waals surface area contributed by atoms with Crippen LogP contribution in [-0.4, -0.2) is 37.4 Å². The minimum Gasteiger partial charge on any atom is -0.497 e. The van der Waals surface area contributed by atoms with Crippen LogP contribution >= 0.6 is 0 Å². The van der Waals surface area contributed by atoms with Crippen LogP contribution in [0.4, 0.5) is 0 Å². The summed E-state index contributed by atoms with van der Waals surface area (Å²) in [6.07, 6.45) is 4.89. The maximum Gasteiger partial charge on any atom is 0.176 e. The van der Waals surface area contributed by atoms with Crippen molar-refractivity contribution in [2.45, 2.75) is 45.6 Å². The number of ether oxygens (including phenoxy) is 1. The molecule has 0 radical (unpaired) electrons. The zero-order valence-corrected chi connectivity index (χ0v) is 13.7. The summed E-state index contributed by atoms with van der Waals surface area (Å²) in [4.78, 5) is 14.6.